The fourth-order valence-corrected chi connectivity index (χ4v) is 3.88. The molecule has 4 heterocycles. The van der Waals surface area contributed by atoms with Gasteiger partial charge >= 0.3 is 0 Å². The first kappa shape index (κ1) is 18.4. The van der Waals surface area contributed by atoms with Crippen molar-refractivity contribution in [3.63, 3.8) is 0 Å². The summed E-state index contributed by atoms with van der Waals surface area (Å²) < 4.78 is 1.74. The van der Waals surface area contributed by atoms with Crippen LogP contribution < -0.4 is 5.32 Å². The van der Waals surface area contributed by atoms with Crippen LogP contribution in [0.3, 0.4) is 0 Å². The van der Waals surface area contributed by atoms with Crippen molar-refractivity contribution in [2.75, 3.05) is 5.32 Å². The van der Waals surface area contributed by atoms with Crippen LogP contribution in [0.15, 0.2) is 72.2 Å². The second-order valence-electron chi connectivity index (χ2n) is 6.36. The van der Waals surface area contributed by atoms with Crippen LogP contribution in [0.5, 0.6) is 0 Å². The van der Waals surface area contributed by atoms with Crippen LogP contribution in [-0.2, 0) is 0 Å². The highest BCUT2D eigenvalue weighted by Crippen LogP contribution is 2.25. The highest BCUT2D eigenvalue weighted by Gasteiger charge is 2.13. The van der Waals surface area contributed by atoms with Crippen LogP contribution in [-0.4, -0.2) is 30.7 Å². The molecule has 1 aromatic carbocycles. The summed E-state index contributed by atoms with van der Waals surface area (Å²) in [6.45, 7) is 0. The summed E-state index contributed by atoms with van der Waals surface area (Å²) in [7, 11) is 0. The van der Waals surface area contributed by atoms with Gasteiger partial charge in [-0.3, -0.25) is 4.79 Å². The molecule has 7 nitrogen and oxygen atoms in total. The van der Waals surface area contributed by atoms with Crippen molar-refractivity contribution in [2.45, 2.75) is 0 Å². The lowest BCUT2D eigenvalue weighted by molar-refractivity contribution is 0.102. The number of hydrogen-bond donors (Lipinski definition) is 1. The van der Waals surface area contributed by atoms with Gasteiger partial charge in [-0.2, -0.15) is 9.61 Å². The second-order valence-corrected chi connectivity index (χ2v) is 7.67. The van der Waals surface area contributed by atoms with Gasteiger partial charge in [0, 0.05) is 17.4 Å². The Balaban J connectivity index is 1.41. The third-order valence-corrected chi connectivity index (χ3v) is 5.61. The molecule has 4 aromatic heterocycles. The van der Waals surface area contributed by atoms with E-state index >= 15 is 0 Å². The van der Waals surface area contributed by atoms with Gasteiger partial charge in [-0.15, -0.1) is 21.5 Å². The fourth-order valence-electron chi connectivity index (χ4n) is 2.98. The van der Waals surface area contributed by atoms with E-state index in [0.717, 1.165) is 16.1 Å². The fraction of sp³-hybridized carbons (Fsp3) is 0. The van der Waals surface area contributed by atoms with Crippen LogP contribution in [0.2, 0.25) is 5.15 Å². The molecular formula is C21H13ClN6OS. The average Bonchev–Trinajstić information content (AvgIpc) is 3.43. The van der Waals surface area contributed by atoms with Gasteiger partial charge in [0.25, 0.3) is 5.91 Å². The lowest BCUT2D eigenvalue weighted by atomic mass is 10.1. The smallest absolute Gasteiger partial charge is 0.258 e. The van der Waals surface area contributed by atoms with Gasteiger partial charge in [-0.1, -0.05) is 29.8 Å². The number of carbonyl (C=O) groups excluding carboxylic acids is 1. The molecule has 0 spiro atoms. The molecule has 1 N–H and O–H groups in total. The largest absolute Gasteiger partial charge is 0.322 e. The standard InChI is InChI=1S/C21H13ClN6OS/c22-19-15(3-1-11-23-19)21(29)24-14-7-5-13(6-8-14)16-9-10-18-25-26-20(28(18)27-16)17-4-2-12-30-17/h1-12H,(H,24,29). The third kappa shape index (κ3) is 3.42. The van der Waals surface area contributed by atoms with E-state index in [0.29, 0.717) is 22.7 Å². The van der Waals surface area contributed by atoms with Crippen molar-refractivity contribution in [2.24, 2.45) is 0 Å². The molecule has 9 heteroatoms. The first-order valence-corrected chi connectivity index (χ1v) is 10.2. The average molecular weight is 433 g/mol. The zero-order valence-electron chi connectivity index (χ0n) is 15.4. The Bertz CT molecular complexity index is 1350. The quantitative estimate of drug-likeness (QED) is 0.411. The van der Waals surface area contributed by atoms with Gasteiger partial charge in [-0.05, 0) is 47.8 Å². The number of pyridine rings is 1. The summed E-state index contributed by atoms with van der Waals surface area (Å²) in [6.07, 6.45) is 1.54. The molecule has 0 unspecified atom stereocenters. The maximum absolute atomic E-state index is 12.4. The molecule has 5 aromatic rings. The Labute approximate surface area is 180 Å². The molecule has 0 radical (unpaired) electrons. The summed E-state index contributed by atoms with van der Waals surface area (Å²) in [5.41, 5.74) is 3.32. The van der Waals surface area contributed by atoms with Crippen LogP contribution in [0.25, 0.3) is 27.6 Å². The summed E-state index contributed by atoms with van der Waals surface area (Å²) in [6, 6.07) is 18.4. The van der Waals surface area contributed by atoms with Crippen LogP contribution in [0.4, 0.5) is 5.69 Å². The number of thiophene rings is 1. The number of benzene rings is 1. The molecule has 30 heavy (non-hydrogen) atoms. The number of halogens is 1. The Morgan fingerprint density at radius 2 is 1.87 bits per heavy atom. The van der Waals surface area contributed by atoms with Gasteiger partial charge in [0.05, 0.1) is 16.1 Å². The molecule has 0 aliphatic rings. The Morgan fingerprint density at radius 3 is 2.63 bits per heavy atom. The minimum atomic E-state index is -0.314. The lowest BCUT2D eigenvalue weighted by Gasteiger charge is -2.07. The summed E-state index contributed by atoms with van der Waals surface area (Å²) in [4.78, 5) is 17.3. The predicted molar refractivity (Wildman–Crippen MR) is 117 cm³/mol. The van der Waals surface area contributed by atoms with E-state index < -0.39 is 0 Å². The lowest BCUT2D eigenvalue weighted by Crippen LogP contribution is -2.12. The number of nitrogens with one attached hydrogen (secondary N) is 1. The molecule has 0 fully saturated rings. The molecule has 0 aliphatic heterocycles. The number of amides is 1. The first-order chi connectivity index (χ1) is 14.7. The van der Waals surface area contributed by atoms with Crippen molar-refractivity contribution in [1.29, 1.82) is 0 Å². The molecule has 0 saturated heterocycles. The van der Waals surface area contributed by atoms with E-state index in [2.05, 4.69) is 20.5 Å². The van der Waals surface area contributed by atoms with Gasteiger partial charge in [0.15, 0.2) is 11.5 Å². The molecular weight excluding hydrogens is 420 g/mol. The van der Waals surface area contributed by atoms with Crippen molar-refractivity contribution >= 4 is 40.2 Å². The van der Waals surface area contributed by atoms with Crippen LogP contribution >= 0.6 is 22.9 Å². The molecule has 0 aliphatic carbocycles. The number of rotatable bonds is 4. The zero-order valence-corrected chi connectivity index (χ0v) is 16.9. The van der Waals surface area contributed by atoms with E-state index in [9.17, 15) is 4.79 Å². The summed E-state index contributed by atoms with van der Waals surface area (Å²) in [5, 5.41) is 18.1. The maximum atomic E-state index is 12.4. The number of aromatic nitrogens is 5. The van der Waals surface area contributed by atoms with E-state index in [-0.39, 0.29) is 11.1 Å². The monoisotopic (exact) mass is 432 g/mol. The van der Waals surface area contributed by atoms with E-state index in [4.69, 9.17) is 16.7 Å². The number of carbonyl (C=O) groups is 1. The van der Waals surface area contributed by atoms with Crippen molar-refractivity contribution in [1.82, 2.24) is 24.8 Å². The van der Waals surface area contributed by atoms with Crippen LogP contribution in [0, 0.1) is 0 Å². The molecule has 0 saturated carbocycles. The highest BCUT2D eigenvalue weighted by molar-refractivity contribution is 7.13. The molecule has 1 amide bonds. The Hall–Kier alpha value is -3.62. The molecule has 146 valence electrons. The summed E-state index contributed by atoms with van der Waals surface area (Å²) >= 11 is 7.57. The Kier molecular flexibility index (Phi) is 4.70. The van der Waals surface area contributed by atoms with Crippen molar-refractivity contribution in [3.05, 3.63) is 83.0 Å². The number of hydrogen-bond acceptors (Lipinski definition) is 6. The van der Waals surface area contributed by atoms with Gasteiger partial charge in [-0.25, -0.2) is 4.98 Å². The minimum Gasteiger partial charge on any atom is -0.322 e. The van der Waals surface area contributed by atoms with Crippen molar-refractivity contribution in [3.8, 4) is 22.0 Å². The molecule has 0 atom stereocenters. The molecule has 5 rings (SSSR count). The zero-order chi connectivity index (χ0) is 20.5. The summed E-state index contributed by atoms with van der Waals surface area (Å²) in [5.74, 6) is 0.393. The van der Waals surface area contributed by atoms with E-state index in [1.807, 2.05) is 53.9 Å². The van der Waals surface area contributed by atoms with Gasteiger partial charge in [0.2, 0.25) is 0 Å². The minimum absolute atomic E-state index is 0.166. The second kappa shape index (κ2) is 7.66. The van der Waals surface area contributed by atoms with Gasteiger partial charge in [0.1, 0.15) is 5.15 Å². The third-order valence-electron chi connectivity index (χ3n) is 4.45. The highest BCUT2D eigenvalue weighted by atomic mass is 35.5. The number of nitrogens with zero attached hydrogens (tertiary/aromatic N) is 5. The van der Waals surface area contributed by atoms with Gasteiger partial charge < -0.3 is 5.32 Å². The maximum Gasteiger partial charge on any atom is 0.258 e. The first-order valence-electron chi connectivity index (χ1n) is 8.98. The van der Waals surface area contributed by atoms with Crippen LogP contribution in [0.1, 0.15) is 10.4 Å². The SMILES string of the molecule is O=C(Nc1ccc(-c2ccc3nnc(-c4cccs4)n3n2)cc1)c1cccnc1Cl. The molecule has 0 bridgehead atoms. The van der Waals surface area contributed by atoms with E-state index in [1.54, 1.807) is 28.0 Å². The van der Waals surface area contributed by atoms with E-state index in [1.165, 1.54) is 6.20 Å². The van der Waals surface area contributed by atoms with Crippen molar-refractivity contribution < 1.29 is 4.79 Å². The number of anilines is 1. The number of fused-ring (bicyclic) bond motifs is 1. The predicted octanol–water partition coefficient (Wildman–Crippen LogP) is 4.82. The topological polar surface area (TPSA) is 85.1 Å². The normalized spacial score (nSPS) is 11.0. The Morgan fingerprint density at radius 1 is 1.00 bits per heavy atom.